The van der Waals surface area contributed by atoms with E-state index in [4.69, 9.17) is 5.73 Å². The SMILES string of the molecule is COC(=O)NC1CCN(c2nc(C)nc(N)n2)C1. The van der Waals surface area contributed by atoms with Crippen LogP contribution in [0.25, 0.3) is 0 Å². The third-order valence-corrected chi connectivity index (χ3v) is 2.73. The molecule has 98 valence electrons. The number of hydrogen-bond donors (Lipinski definition) is 2. The van der Waals surface area contributed by atoms with Gasteiger partial charge < -0.3 is 20.7 Å². The smallest absolute Gasteiger partial charge is 0.407 e. The van der Waals surface area contributed by atoms with Crippen LogP contribution in [0, 0.1) is 6.92 Å². The van der Waals surface area contributed by atoms with Gasteiger partial charge in [-0.25, -0.2) is 4.79 Å². The van der Waals surface area contributed by atoms with Crippen LogP contribution in [-0.4, -0.2) is 47.3 Å². The van der Waals surface area contributed by atoms with E-state index >= 15 is 0 Å². The van der Waals surface area contributed by atoms with E-state index in [9.17, 15) is 4.79 Å². The fraction of sp³-hybridized carbons (Fsp3) is 0.600. The van der Waals surface area contributed by atoms with E-state index in [1.165, 1.54) is 7.11 Å². The zero-order valence-corrected chi connectivity index (χ0v) is 10.4. The van der Waals surface area contributed by atoms with Gasteiger partial charge in [-0.05, 0) is 13.3 Å². The lowest BCUT2D eigenvalue weighted by Gasteiger charge is -2.16. The summed E-state index contributed by atoms with van der Waals surface area (Å²) in [6.07, 6.45) is 0.396. The van der Waals surface area contributed by atoms with Crippen molar-refractivity contribution in [1.82, 2.24) is 20.3 Å². The Morgan fingerprint density at radius 2 is 2.28 bits per heavy atom. The molecule has 3 N–H and O–H groups in total. The predicted molar refractivity (Wildman–Crippen MR) is 65.1 cm³/mol. The summed E-state index contributed by atoms with van der Waals surface area (Å²) in [7, 11) is 1.35. The van der Waals surface area contributed by atoms with Crippen molar-refractivity contribution >= 4 is 18.0 Å². The van der Waals surface area contributed by atoms with Gasteiger partial charge in [-0.3, -0.25) is 0 Å². The van der Waals surface area contributed by atoms with Crippen LogP contribution in [0.1, 0.15) is 12.2 Å². The minimum Gasteiger partial charge on any atom is -0.453 e. The average Bonchev–Trinajstić information content (AvgIpc) is 2.76. The molecular weight excluding hydrogens is 236 g/mol. The number of nitrogens with zero attached hydrogens (tertiary/aromatic N) is 4. The normalized spacial score (nSPS) is 18.8. The van der Waals surface area contributed by atoms with Crippen LogP contribution < -0.4 is 16.0 Å². The molecule has 0 radical (unpaired) electrons. The van der Waals surface area contributed by atoms with Gasteiger partial charge in [-0.2, -0.15) is 15.0 Å². The number of rotatable bonds is 2. The summed E-state index contributed by atoms with van der Waals surface area (Å²) in [6.45, 7) is 3.16. The first-order valence-corrected chi connectivity index (χ1v) is 5.66. The number of aromatic nitrogens is 3. The maximum absolute atomic E-state index is 11.1. The Hall–Kier alpha value is -2.12. The summed E-state index contributed by atoms with van der Waals surface area (Å²) in [5, 5.41) is 2.75. The predicted octanol–water partition coefficient (Wildman–Crippen LogP) is -0.303. The lowest BCUT2D eigenvalue weighted by Crippen LogP contribution is -2.37. The van der Waals surface area contributed by atoms with Gasteiger partial charge >= 0.3 is 6.09 Å². The van der Waals surface area contributed by atoms with E-state index in [0.717, 1.165) is 13.0 Å². The summed E-state index contributed by atoms with van der Waals surface area (Å²) in [5.74, 6) is 1.35. The fourth-order valence-corrected chi connectivity index (χ4v) is 1.91. The molecule has 1 fully saturated rings. The maximum Gasteiger partial charge on any atom is 0.407 e. The molecule has 2 rings (SSSR count). The molecule has 1 aromatic heterocycles. The van der Waals surface area contributed by atoms with Gasteiger partial charge in [-0.1, -0.05) is 0 Å². The molecule has 1 saturated heterocycles. The molecule has 0 aliphatic carbocycles. The standard InChI is InChI=1S/C10H16N6O2/c1-6-12-8(11)15-9(13-6)16-4-3-7(5-16)14-10(17)18-2/h7H,3-5H2,1-2H3,(H,14,17)(H2,11,12,13,15). The topological polar surface area (TPSA) is 106 Å². The Balaban J connectivity index is 2.01. The second-order valence-electron chi connectivity index (χ2n) is 4.11. The largest absolute Gasteiger partial charge is 0.453 e. The van der Waals surface area contributed by atoms with E-state index in [0.29, 0.717) is 18.3 Å². The minimum atomic E-state index is -0.423. The van der Waals surface area contributed by atoms with Gasteiger partial charge in [0.2, 0.25) is 11.9 Å². The van der Waals surface area contributed by atoms with Crippen molar-refractivity contribution in [1.29, 1.82) is 0 Å². The number of alkyl carbamates (subject to hydrolysis) is 1. The van der Waals surface area contributed by atoms with Crippen LogP contribution in [0.4, 0.5) is 16.7 Å². The van der Waals surface area contributed by atoms with E-state index in [1.54, 1.807) is 6.92 Å². The Bertz CT molecular complexity index is 432. The molecule has 0 bridgehead atoms. The molecule has 8 nitrogen and oxygen atoms in total. The highest BCUT2D eigenvalue weighted by Crippen LogP contribution is 2.16. The molecule has 0 aromatic carbocycles. The Kier molecular flexibility index (Phi) is 3.45. The molecule has 1 unspecified atom stereocenters. The maximum atomic E-state index is 11.1. The quantitative estimate of drug-likeness (QED) is 0.744. The first-order valence-electron chi connectivity index (χ1n) is 5.66. The van der Waals surface area contributed by atoms with Crippen LogP contribution in [0.5, 0.6) is 0 Å². The molecule has 18 heavy (non-hydrogen) atoms. The lowest BCUT2D eigenvalue weighted by atomic mass is 10.3. The van der Waals surface area contributed by atoms with Crippen molar-refractivity contribution in [3.05, 3.63) is 5.82 Å². The molecule has 1 aliphatic rings. The monoisotopic (exact) mass is 252 g/mol. The number of hydrogen-bond acceptors (Lipinski definition) is 7. The second-order valence-corrected chi connectivity index (χ2v) is 4.11. The molecule has 0 saturated carbocycles. The highest BCUT2D eigenvalue weighted by molar-refractivity contribution is 5.67. The first-order chi connectivity index (χ1) is 8.58. The van der Waals surface area contributed by atoms with Gasteiger partial charge in [0.25, 0.3) is 0 Å². The number of nitrogen functional groups attached to an aromatic ring is 1. The Morgan fingerprint density at radius 3 is 2.94 bits per heavy atom. The van der Waals surface area contributed by atoms with Crippen molar-refractivity contribution in [2.75, 3.05) is 30.8 Å². The Morgan fingerprint density at radius 1 is 1.50 bits per heavy atom. The number of nitrogens with two attached hydrogens (primary N) is 1. The molecule has 1 atom stereocenters. The second kappa shape index (κ2) is 5.03. The van der Waals surface area contributed by atoms with Crippen molar-refractivity contribution in [3.8, 4) is 0 Å². The van der Waals surface area contributed by atoms with Crippen LogP contribution in [0.2, 0.25) is 0 Å². The zero-order chi connectivity index (χ0) is 13.1. The summed E-state index contributed by atoms with van der Waals surface area (Å²) < 4.78 is 4.56. The molecule has 1 aromatic rings. The van der Waals surface area contributed by atoms with Crippen molar-refractivity contribution in [3.63, 3.8) is 0 Å². The molecule has 2 heterocycles. The zero-order valence-electron chi connectivity index (χ0n) is 10.4. The number of ether oxygens (including phenoxy) is 1. The number of carbonyl (C=O) groups excluding carboxylic acids is 1. The van der Waals surface area contributed by atoms with Crippen LogP contribution >= 0.6 is 0 Å². The average molecular weight is 252 g/mol. The van der Waals surface area contributed by atoms with Gasteiger partial charge in [0.1, 0.15) is 5.82 Å². The van der Waals surface area contributed by atoms with Crippen molar-refractivity contribution < 1.29 is 9.53 Å². The van der Waals surface area contributed by atoms with E-state index < -0.39 is 6.09 Å². The van der Waals surface area contributed by atoms with Gasteiger partial charge in [0.05, 0.1) is 13.2 Å². The third kappa shape index (κ3) is 2.76. The Labute approximate surface area is 105 Å². The number of amides is 1. The summed E-state index contributed by atoms with van der Waals surface area (Å²) >= 11 is 0. The third-order valence-electron chi connectivity index (χ3n) is 2.73. The first kappa shape index (κ1) is 12.3. The molecule has 0 spiro atoms. The molecule has 8 heteroatoms. The van der Waals surface area contributed by atoms with Gasteiger partial charge in [-0.15, -0.1) is 0 Å². The van der Waals surface area contributed by atoms with Crippen molar-refractivity contribution in [2.24, 2.45) is 0 Å². The van der Waals surface area contributed by atoms with E-state index in [1.807, 2.05) is 4.90 Å². The number of aryl methyl sites for hydroxylation is 1. The summed E-state index contributed by atoms with van der Waals surface area (Å²) in [6, 6.07) is 0.0377. The minimum absolute atomic E-state index is 0.0377. The van der Waals surface area contributed by atoms with Crippen LogP contribution in [0.3, 0.4) is 0 Å². The molecule has 1 amide bonds. The van der Waals surface area contributed by atoms with E-state index in [2.05, 4.69) is 25.0 Å². The molecule has 1 aliphatic heterocycles. The number of carbonyl (C=O) groups is 1. The van der Waals surface area contributed by atoms with Gasteiger partial charge in [0.15, 0.2) is 0 Å². The summed E-state index contributed by atoms with van der Waals surface area (Å²) in [5.41, 5.74) is 5.59. The molecular formula is C10H16N6O2. The van der Waals surface area contributed by atoms with E-state index in [-0.39, 0.29) is 12.0 Å². The van der Waals surface area contributed by atoms with Crippen molar-refractivity contribution in [2.45, 2.75) is 19.4 Å². The highest BCUT2D eigenvalue weighted by Gasteiger charge is 2.26. The number of methoxy groups -OCH3 is 1. The lowest BCUT2D eigenvalue weighted by molar-refractivity contribution is 0.167. The number of anilines is 2. The fourth-order valence-electron chi connectivity index (χ4n) is 1.91. The highest BCUT2D eigenvalue weighted by atomic mass is 16.5. The number of nitrogens with one attached hydrogen (secondary N) is 1. The van der Waals surface area contributed by atoms with Crippen LogP contribution in [0.15, 0.2) is 0 Å². The van der Waals surface area contributed by atoms with Gasteiger partial charge in [0, 0.05) is 13.1 Å². The summed E-state index contributed by atoms with van der Waals surface area (Å²) in [4.78, 5) is 25.3. The van der Waals surface area contributed by atoms with Crippen LogP contribution in [-0.2, 0) is 4.74 Å².